The monoisotopic (exact) mass is 352 g/mol. The van der Waals surface area contributed by atoms with Crippen molar-refractivity contribution in [2.45, 2.75) is 18.9 Å². The van der Waals surface area contributed by atoms with E-state index in [0.29, 0.717) is 18.5 Å². The number of hydrogen-bond donors (Lipinski definition) is 1. The first-order valence-corrected chi connectivity index (χ1v) is 8.41. The molecule has 2 aromatic carbocycles. The number of carbonyl (C=O) groups is 3. The molecule has 1 fully saturated rings. The molecular weight excluding hydrogens is 332 g/mol. The van der Waals surface area contributed by atoms with Crippen LogP contribution in [0, 0.1) is 0 Å². The van der Waals surface area contributed by atoms with Gasteiger partial charge < -0.3 is 14.9 Å². The number of carboxylic acids is 1. The van der Waals surface area contributed by atoms with Crippen molar-refractivity contribution in [3.05, 3.63) is 65.7 Å². The molecule has 134 valence electrons. The summed E-state index contributed by atoms with van der Waals surface area (Å²) in [5, 5.41) is 9.05. The summed E-state index contributed by atoms with van der Waals surface area (Å²) in [6, 6.07) is 15.2. The maximum Gasteiger partial charge on any atom is 0.335 e. The molecule has 26 heavy (non-hydrogen) atoms. The minimum absolute atomic E-state index is 0.0622. The van der Waals surface area contributed by atoms with Crippen LogP contribution in [0.1, 0.15) is 22.3 Å². The van der Waals surface area contributed by atoms with Crippen molar-refractivity contribution in [2.75, 3.05) is 18.5 Å². The Kier molecular flexibility index (Phi) is 5.02. The third kappa shape index (κ3) is 3.59. The van der Waals surface area contributed by atoms with E-state index in [4.69, 9.17) is 5.11 Å². The topological polar surface area (TPSA) is 77.9 Å². The second kappa shape index (κ2) is 7.39. The Hall–Kier alpha value is -3.15. The summed E-state index contributed by atoms with van der Waals surface area (Å²) in [5.74, 6) is -1.33. The number of likely N-dealkylation sites (N-methyl/N-ethyl adjacent to an activating group) is 1. The molecule has 1 aliphatic rings. The van der Waals surface area contributed by atoms with Gasteiger partial charge in [-0.15, -0.1) is 0 Å². The average molecular weight is 352 g/mol. The van der Waals surface area contributed by atoms with Gasteiger partial charge in [0, 0.05) is 19.3 Å². The van der Waals surface area contributed by atoms with E-state index in [-0.39, 0.29) is 23.8 Å². The van der Waals surface area contributed by atoms with E-state index in [9.17, 15) is 14.4 Å². The van der Waals surface area contributed by atoms with Crippen molar-refractivity contribution in [3.63, 3.8) is 0 Å². The minimum Gasteiger partial charge on any atom is -0.478 e. The Labute approximate surface area is 151 Å². The van der Waals surface area contributed by atoms with Crippen molar-refractivity contribution in [2.24, 2.45) is 0 Å². The highest BCUT2D eigenvalue weighted by Gasteiger charge is 2.36. The molecule has 0 bridgehead atoms. The fourth-order valence-corrected chi connectivity index (χ4v) is 3.18. The van der Waals surface area contributed by atoms with Crippen LogP contribution in [0.25, 0.3) is 0 Å². The normalized spacial score (nSPS) is 16.6. The van der Waals surface area contributed by atoms with Crippen molar-refractivity contribution in [1.29, 1.82) is 0 Å². The number of nitrogens with zero attached hydrogens (tertiary/aromatic N) is 2. The molecule has 2 amide bonds. The highest BCUT2D eigenvalue weighted by Crippen LogP contribution is 2.24. The van der Waals surface area contributed by atoms with Gasteiger partial charge in [-0.25, -0.2) is 4.79 Å². The first-order chi connectivity index (χ1) is 12.5. The van der Waals surface area contributed by atoms with Crippen molar-refractivity contribution >= 4 is 23.5 Å². The quantitative estimate of drug-likeness (QED) is 0.895. The van der Waals surface area contributed by atoms with E-state index in [1.807, 2.05) is 30.3 Å². The van der Waals surface area contributed by atoms with Crippen LogP contribution in [0.3, 0.4) is 0 Å². The zero-order chi connectivity index (χ0) is 18.7. The van der Waals surface area contributed by atoms with Crippen LogP contribution in [0.4, 0.5) is 5.69 Å². The molecule has 1 saturated heterocycles. The number of carbonyl (C=O) groups excluding carboxylic acids is 2. The molecule has 3 rings (SSSR count). The van der Waals surface area contributed by atoms with Crippen molar-refractivity contribution in [1.82, 2.24) is 4.90 Å². The second-order valence-electron chi connectivity index (χ2n) is 6.32. The number of anilines is 1. The lowest BCUT2D eigenvalue weighted by molar-refractivity contribution is -0.136. The highest BCUT2D eigenvalue weighted by atomic mass is 16.4. The summed E-state index contributed by atoms with van der Waals surface area (Å²) < 4.78 is 0. The summed E-state index contributed by atoms with van der Waals surface area (Å²) in [6.07, 6.45) is 0.637. The van der Waals surface area contributed by atoms with Gasteiger partial charge in [-0.2, -0.15) is 0 Å². The highest BCUT2D eigenvalue weighted by molar-refractivity contribution is 6.01. The van der Waals surface area contributed by atoms with Gasteiger partial charge in [-0.05, 0) is 36.2 Å². The molecule has 1 atom stereocenters. The predicted octanol–water partition coefficient (Wildman–Crippen LogP) is 2.19. The summed E-state index contributed by atoms with van der Waals surface area (Å²) in [4.78, 5) is 39.5. The fourth-order valence-electron chi connectivity index (χ4n) is 3.18. The molecule has 2 aromatic rings. The SMILES string of the molecule is CN(C(=O)Cc1cccc(C(=O)O)c1)C1CCN(c2ccccc2)C1=O. The largest absolute Gasteiger partial charge is 0.478 e. The van der Waals surface area contributed by atoms with E-state index in [2.05, 4.69) is 0 Å². The van der Waals surface area contributed by atoms with Crippen LogP contribution in [0.5, 0.6) is 0 Å². The standard InChI is InChI=1S/C20H20N2O4/c1-21(18(23)13-14-6-5-7-15(12-14)20(25)26)17-10-11-22(19(17)24)16-8-3-2-4-9-16/h2-9,12,17H,10-11,13H2,1H3,(H,25,26). The first kappa shape index (κ1) is 17.7. The van der Waals surface area contributed by atoms with Crippen LogP contribution in [-0.2, 0) is 16.0 Å². The molecule has 0 aromatic heterocycles. The van der Waals surface area contributed by atoms with Gasteiger partial charge in [-0.1, -0.05) is 30.3 Å². The van der Waals surface area contributed by atoms with E-state index in [1.165, 1.54) is 17.0 Å². The number of carboxylic acid groups (broad SMARTS) is 1. The Bertz CT molecular complexity index is 835. The van der Waals surface area contributed by atoms with Crippen molar-refractivity contribution in [3.8, 4) is 0 Å². The molecule has 1 unspecified atom stereocenters. The number of aromatic carboxylic acids is 1. The third-order valence-electron chi connectivity index (χ3n) is 4.64. The summed E-state index contributed by atoms with van der Waals surface area (Å²) in [7, 11) is 1.63. The fraction of sp³-hybridized carbons (Fsp3) is 0.250. The molecule has 0 saturated carbocycles. The summed E-state index contributed by atoms with van der Waals surface area (Å²) in [6.45, 7) is 0.569. The maximum atomic E-state index is 12.7. The number of hydrogen-bond acceptors (Lipinski definition) is 3. The molecule has 6 heteroatoms. The Morgan fingerprint density at radius 3 is 2.58 bits per heavy atom. The summed E-state index contributed by atoms with van der Waals surface area (Å²) in [5.41, 5.74) is 1.59. The van der Waals surface area contributed by atoms with Gasteiger partial charge in [0.05, 0.1) is 12.0 Å². The Morgan fingerprint density at radius 1 is 1.15 bits per heavy atom. The van der Waals surface area contributed by atoms with E-state index >= 15 is 0 Å². The number of rotatable bonds is 5. The molecule has 6 nitrogen and oxygen atoms in total. The molecular formula is C20H20N2O4. The second-order valence-corrected chi connectivity index (χ2v) is 6.32. The molecule has 1 aliphatic heterocycles. The zero-order valence-corrected chi connectivity index (χ0v) is 14.5. The van der Waals surface area contributed by atoms with Crippen LogP contribution in [0.2, 0.25) is 0 Å². The lowest BCUT2D eigenvalue weighted by atomic mass is 10.1. The van der Waals surface area contributed by atoms with Crippen LogP contribution >= 0.6 is 0 Å². The summed E-state index contributed by atoms with van der Waals surface area (Å²) >= 11 is 0. The number of para-hydroxylation sites is 1. The molecule has 0 aliphatic carbocycles. The first-order valence-electron chi connectivity index (χ1n) is 8.41. The van der Waals surface area contributed by atoms with Crippen LogP contribution in [0.15, 0.2) is 54.6 Å². The minimum atomic E-state index is -1.03. The number of benzene rings is 2. The van der Waals surface area contributed by atoms with E-state index in [1.54, 1.807) is 24.1 Å². The maximum absolute atomic E-state index is 12.7. The Balaban J connectivity index is 1.68. The van der Waals surface area contributed by atoms with Gasteiger partial charge in [0.25, 0.3) is 0 Å². The molecule has 0 spiro atoms. The number of amides is 2. The average Bonchev–Trinajstić information content (AvgIpc) is 3.03. The van der Waals surface area contributed by atoms with Crippen molar-refractivity contribution < 1.29 is 19.5 Å². The predicted molar refractivity (Wildman–Crippen MR) is 97.1 cm³/mol. The lowest BCUT2D eigenvalue weighted by Gasteiger charge is -2.24. The molecule has 1 N–H and O–H groups in total. The van der Waals surface area contributed by atoms with E-state index in [0.717, 1.165) is 5.69 Å². The van der Waals surface area contributed by atoms with Gasteiger partial charge in [0.1, 0.15) is 6.04 Å². The van der Waals surface area contributed by atoms with Crippen LogP contribution in [-0.4, -0.2) is 47.4 Å². The molecule has 1 heterocycles. The van der Waals surface area contributed by atoms with Gasteiger partial charge in [0.15, 0.2) is 0 Å². The lowest BCUT2D eigenvalue weighted by Crippen LogP contribution is -2.43. The smallest absolute Gasteiger partial charge is 0.335 e. The van der Waals surface area contributed by atoms with Gasteiger partial charge >= 0.3 is 5.97 Å². The van der Waals surface area contributed by atoms with Gasteiger partial charge in [-0.3, -0.25) is 9.59 Å². The van der Waals surface area contributed by atoms with Crippen LogP contribution < -0.4 is 4.90 Å². The Morgan fingerprint density at radius 2 is 1.88 bits per heavy atom. The third-order valence-corrected chi connectivity index (χ3v) is 4.64. The zero-order valence-electron chi connectivity index (χ0n) is 14.5. The molecule has 0 radical (unpaired) electrons. The van der Waals surface area contributed by atoms with Gasteiger partial charge in [0.2, 0.25) is 11.8 Å². The van der Waals surface area contributed by atoms with E-state index < -0.39 is 12.0 Å².